The molecule has 0 saturated heterocycles. The molecule has 1 aromatic carbocycles. The molecular weight excluding hydrogens is 540 g/mol. The molecule has 0 radical (unpaired) electrons. The van der Waals surface area contributed by atoms with E-state index >= 15 is 0 Å². The van der Waals surface area contributed by atoms with Crippen LogP contribution in [0.5, 0.6) is 17.5 Å². The second-order valence-electron chi connectivity index (χ2n) is 8.58. The third kappa shape index (κ3) is 6.73. The lowest BCUT2D eigenvalue weighted by atomic mass is 10.3. The Balaban J connectivity index is 1.61. The molecule has 0 atom stereocenters. The zero-order chi connectivity index (χ0) is 28.2. The van der Waals surface area contributed by atoms with Gasteiger partial charge in [0, 0.05) is 39.4 Å². The molecule has 0 fully saturated rings. The number of aryl methyl sites for hydroxylation is 1. The molecule has 3 aromatic heterocycles. The van der Waals surface area contributed by atoms with Crippen LogP contribution in [-0.2, 0) is 20.1 Å². The molecule has 0 unspecified atom stereocenters. The first-order valence-electron chi connectivity index (χ1n) is 11.9. The first-order chi connectivity index (χ1) is 18.6. The highest BCUT2D eigenvalue weighted by Crippen LogP contribution is 2.25. The summed E-state index contributed by atoms with van der Waals surface area (Å²) < 4.78 is 46.1. The minimum Gasteiger partial charge on any atom is -0.490 e. The van der Waals surface area contributed by atoms with Gasteiger partial charge in [0.25, 0.3) is 11.6 Å². The number of nitrogens with zero attached hydrogens (tertiary/aromatic N) is 5. The van der Waals surface area contributed by atoms with E-state index in [0.29, 0.717) is 17.6 Å². The van der Waals surface area contributed by atoms with Gasteiger partial charge in [0.1, 0.15) is 24.7 Å². The van der Waals surface area contributed by atoms with Crippen LogP contribution < -0.4 is 25.5 Å². The number of ether oxygens (including phenoxy) is 3. The summed E-state index contributed by atoms with van der Waals surface area (Å²) in [7, 11) is 1.49. The maximum absolute atomic E-state index is 13.4. The van der Waals surface area contributed by atoms with Crippen LogP contribution in [0.2, 0.25) is 5.02 Å². The molecule has 0 bridgehead atoms. The minimum absolute atomic E-state index is 0.00797. The van der Waals surface area contributed by atoms with Crippen LogP contribution in [0.25, 0.3) is 11.2 Å². The summed E-state index contributed by atoms with van der Waals surface area (Å²) in [4.78, 5) is 34.8. The van der Waals surface area contributed by atoms with E-state index in [1.54, 1.807) is 18.2 Å². The van der Waals surface area contributed by atoms with Gasteiger partial charge in [-0.15, -0.1) is 0 Å². The Kier molecular flexibility index (Phi) is 8.51. The summed E-state index contributed by atoms with van der Waals surface area (Å²) in [6.45, 7) is 0.539. The molecule has 11 nitrogen and oxygen atoms in total. The molecule has 0 amide bonds. The van der Waals surface area contributed by atoms with Gasteiger partial charge in [0.05, 0.1) is 17.3 Å². The Morgan fingerprint density at radius 1 is 1.08 bits per heavy atom. The molecule has 14 heteroatoms. The van der Waals surface area contributed by atoms with Gasteiger partial charge in [-0.3, -0.25) is 23.5 Å². The van der Waals surface area contributed by atoms with E-state index < -0.39 is 17.4 Å². The van der Waals surface area contributed by atoms with Crippen LogP contribution in [0.1, 0.15) is 19.0 Å². The highest BCUT2D eigenvalue weighted by molar-refractivity contribution is 6.30. The molecule has 0 saturated carbocycles. The summed E-state index contributed by atoms with van der Waals surface area (Å²) in [6, 6.07) is 9.17. The highest BCUT2D eigenvalue weighted by atomic mass is 35.5. The number of rotatable bonds is 12. The van der Waals surface area contributed by atoms with Gasteiger partial charge in [-0.2, -0.15) is 13.8 Å². The van der Waals surface area contributed by atoms with Gasteiger partial charge in [0.2, 0.25) is 0 Å². The number of aliphatic hydroxyl groups is 1. The third-order valence-electron chi connectivity index (χ3n) is 5.53. The van der Waals surface area contributed by atoms with Crippen LogP contribution >= 0.6 is 11.6 Å². The second kappa shape index (κ2) is 11.8. The fourth-order valence-corrected chi connectivity index (χ4v) is 3.94. The molecule has 1 N–H and O–H groups in total. The highest BCUT2D eigenvalue weighted by Gasteiger charge is 2.24. The lowest BCUT2D eigenvalue weighted by Crippen LogP contribution is -2.40. The maximum Gasteiger partial charge on any atom is 0.394 e. The molecule has 208 valence electrons. The fourth-order valence-electron chi connectivity index (χ4n) is 3.82. The molecule has 0 aliphatic rings. The average molecular weight is 566 g/mol. The molecule has 0 aliphatic heterocycles. The SMILES string of the molecule is Cn1c(=O)n(CCCO)c(=O)c2c1nc(OCCOc1cccc(OC(C)(F)F)c1)n2Cc1ccc(Cl)cn1. The Bertz CT molecular complexity index is 1560. The first-order valence-corrected chi connectivity index (χ1v) is 12.3. The zero-order valence-corrected chi connectivity index (χ0v) is 21.9. The molecule has 39 heavy (non-hydrogen) atoms. The quantitative estimate of drug-likeness (QED) is 0.260. The number of fused-ring (bicyclic) bond motifs is 1. The third-order valence-corrected chi connectivity index (χ3v) is 5.76. The standard InChI is InChI=1S/C25H26ClF2N5O6/c1-25(27,28)39-19-6-3-5-18(13-19)37-11-12-38-23-30-21-20(33(23)15-17-8-7-16(26)14-29-17)22(35)32(9-4-10-34)24(36)31(21)2/h3,5-8,13-14,34H,4,9-12,15H2,1-2H3. The maximum atomic E-state index is 13.4. The van der Waals surface area contributed by atoms with E-state index in [1.165, 1.54) is 40.6 Å². The van der Waals surface area contributed by atoms with E-state index in [-0.39, 0.29) is 68.0 Å². The van der Waals surface area contributed by atoms with Gasteiger partial charge >= 0.3 is 11.8 Å². The Morgan fingerprint density at radius 3 is 2.51 bits per heavy atom. The van der Waals surface area contributed by atoms with Crippen molar-refractivity contribution in [1.29, 1.82) is 0 Å². The van der Waals surface area contributed by atoms with Crippen LogP contribution in [0.15, 0.2) is 52.2 Å². The number of pyridine rings is 1. The number of halogens is 3. The van der Waals surface area contributed by atoms with Gasteiger partial charge in [-0.1, -0.05) is 17.7 Å². The van der Waals surface area contributed by atoms with Crippen molar-refractivity contribution in [3.05, 3.63) is 74.1 Å². The largest absolute Gasteiger partial charge is 0.490 e. The molecule has 3 heterocycles. The van der Waals surface area contributed by atoms with E-state index in [1.807, 2.05) is 0 Å². The topological polar surface area (TPSA) is 123 Å². The monoisotopic (exact) mass is 565 g/mol. The van der Waals surface area contributed by atoms with E-state index in [4.69, 9.17) is 21.1 Å². The number of aromatic nitrogens is 5. The Morgan fingerprint density at radius 2 is 1.82 bits per heavy atom. The van der Waals surface area contributed by atoms with Gasteiger partial charge in [0.15, 0.2) is 11.2 Å². The van der Waals surface area contributed by atoms with Crippen molar-refractivity contribution in [1.82, 2.24) is 23.7 Å². The predicted molar refractivity (Wildman–Crippen MR) is 138 cm³/mol. The predicted octanol–water partition coefficient (Wildman–Crippen LogP) is 2.83. The fraction of sp³-hybridized carbons (Fsp3) is 0.360. The van der Waals surface area contributed by atoms with Crippen LogP contribution in [-0.4, -0.2) is 54.7 Å². The number of alkyl halides is 2. The van der Waals surface area contributed by atoms with Crippen molar-refractivity contribution in [3.8, 4) is 17.5 Å². The van der Waals surface area contributed by atoms with Crippen molar-refractivity contribution >= 4 is 22.8 Å². The smallest absolute Gasteiger partial charge is 0.394 e. The summed E-state index contributed by atoms with van der Waals surface area (Å²) >= 11 is 5.95. The van der Waals surface area contributed by atoms with Gasteiger partial charge < -0.3 is 19.3 Å². The molecule has 4 rings (SSSR count). The van der Waals surface area contributed by atoms with Gasteiger partial charge in [-0.25, -0.2) is 4.79 Å². The lowest BCUT2D eigenvalue weighted by Gasteiger charge is -2.14. The van der Waals surface area contributed by atoms with Crippen molar-refractivity contribution < 1.29 is 28.1 Å². The molecule has 0 aliphatic carbocycles. The second-order valence-corrected chi connectivity index (χ2v) is 9.01. The first kappa shape index (κ1) is 28.0. The van der Waals surface area contributed by atoms with Crippen molar-refractivity contribution in [2.45, 2.75) is 32.5 Å². The summed E-state index contributed by atoms with van der Waals surface area (Å²) in [5, 5.41) is 9.64. The number of aliphatic hydroxyl groups excluding tert-OH is 1. The summed E-state index contributed by atoms with van der Waals surface area (Å²) in [5.74, 6) is 0.227. The number of benzene rings is 1. The summed E-state index contributed by atoms with van der Waals surface area (Å²) in [5.41, 5.74) is -0.378. The van der Waals surface area contributed by atoms with E-state index in [9.17, 15) is 23.5 Å². The normalized spacial score (nSPS) is 11.6. The van der Waals surface area contributed by atoms with Crippen LogP contribution in [0.3, 0.4) is 0 Å². The van der Waals surface area contributed by atoms with Crippen molar-refractivity contribution in [2.75, 3.05) is 19.8 Å². The number of hydrogen-bond acceptors (Lipinski definition) is 8. The lowest BCUT2D eigenvalue weighted by molar-refractivity contribution is -0.159. The Labute approximate surface area is 225 Å². The number of imidazole rings is 1. The van der Waals surface area contributed by atoms with Gasteiger partial charge in [-0.05, 0) is 30.7 Å². The minimum atomic E-state index is -3.34. The molecule has 4 aromatic rings. The summed E-state index contributed by atoms with van der Waals surface area (Å²) in [6.07, 6.45) is -1.65. The Hall–Kier alpha value is -3.97. The van der Waals surface area contributed by atoms with Crippen molar-refractivity contribution in [3.63, 3.8) is 0 Å². The molecule has 0 spiro atoms. The molecular formula is C25H26ClF2N5O6. The number of hydrogen-bond donors (Lipinski definition) is 1. The zero-order valence-electron chi connectivity index (χ0n) is 21.1. The van der Waals surface area contributed by atoms with Crippen molar-refractivity contribution in [2.24, 2.45) is 7.05 Å². The van der Waals surface area contributed by atoms with E-state index in [0.717, 1.165) is 4.57 Å². The average Bonchev–Trinajstić information content (AvgIpc) is 3.24. The van der Waals surface area contributed by atoms with E-state index in [2.05, 4.69) is 14.7 Å². The van der Waals surface area contributed by atoms with Crippen LogP contribution in [0.4, 0.5) is 8.78 Å². The van der Waals surface area contributed by atoms with Crippen LogP contribution in [0, 0.1) is 0 Å².